The van der Waals surface area contributed by atoms with E-state index in [0.717, 1.165) is 24.9 Å². The lowest BCUT2D eigenvalue weighted by Gasteiger charge is -2.10. The van der Waals surface area contributed by atoms with Gasteiger partial charge in [-0.25, -0.2) is 9.50 Å². The van der Waals surface area contributed by atoms with Crippen LogP contribution >= 0.6 is 0 Å². The van der Waals surface area contributed by atoms with E-state index >= 15 is 0 Å². The van der Waals surface area contributed by atoms with E-state index in [4.69, 9.17) is 0 Å². The maximum Gasteiger partial charge on any atom is 0.244 e. The topological polar surface area (TPSA) is 112 Å². The van der Waals surface area contributed by atoms with Gasteiger partial charge in [-0.15, -0.1) is 5.10 Å². The van der Waals surface area contributed by atoms with Gasteiger partial charge in [-0.1, -0.05) is 0 Å². The number of aryl methyl sites for hydroxylation is 4. The molecule has 9 heteroatoms. The van der Waals surface area contributed by atoms with Gasteiger partial charge in [0.05, 0.1) is 16.8 Å². The normalized spacial score (nSPS) is 13.9. The van der Waals surface area contributed by atoms with Crippen molar-refractivity contribution < 1.29 is 0 Å². The van der Waals surface area contributed by atoms with Crippen LogP contribution in [0.4, 0.5) is 5.95 Å². The second-order valence-corrected chi connectivity index (χ2v) is 6.69. The Hall–Kier alpha value is -3.46. The second kappa shape index (κ2) is 6.69. The standard InChI is InChI=1S/C18H19N9/c1-12-13(10-19)9-14(11-20)17-21-15(23-27(12)17)5-6-16-22-18(24-25(16)2)26-7-3-4-8-26/h9H,3-8H2,1-2H3. The quantitative estimate of drug-likeness (QED) is 0.688. The molecule has 0 spiro atoms. The third-order valence-electron chi connectivity index (χ3n) is 4.93. The molecule has 9 nitrogen and oxygen atoms in total. The van der Waals surface area contributed by atoms with Gasteiger partial charge in [0.2, 0.25) is 5.95 Å². The van der Waals surface area contributed by atoms with E-state index in [1.54, 1.807) is 17.5 Å². The molecule has 0 aromatic carbocycles. The first kappa shape index (κ1) is 17.0. The third-order valence-corrected chi connectivity index (χ3v) is 4.93. The van der Waals surface area contributed by atoms with Crippen molar-refractivity contribution in [2.45, 2.75) is 32.6 Å². The van der Waals surface area contributed by atoms with Gasteiger partial charge in [-0.05, 0) is 25.8 Å². The molecule has 0 aliphatic carbocycles. The van der Waals surface area contributed by atoms with Crippen LogP contribution in [0, 0.1) is 29.6 Å². The molecule has 1 aliphatic rings. The number of hydrogen-bond acceptors (Lipinski definition) is 7. The maximum atomic E-state index is 9.34. The van der Waals surface area contributed by atoms with Crippen LogP contribution in [0.15, 0.2) is 6.07 Å². The maximum absolute atomic E-state index is 9.34. The highest BCUT2D eigenvalue weighted by molar-refractivity contribution is 5.59. The number of nitriles is 2. The molecular weight excluding hydrogens is 342 g/mol. The largest absolute Gasteiger partial charge is 0.340 e. The van der Waals surface area contributed by atoms with Crippen LogP contribution in [0.3, 0.4) is 0 Å². The molecule has 4 rings (SSSR count). The average Bonchev–Trinajstić information content (AvgIpc) is 3.40. The Labute approximate surface area is 156 Å². The summed E-state index contributed by atoms with van der Waals surface area (Å²) in [6, 6.07) is 5.76. The summed E-state index contributed by atoms with van der Waals surface area (Å²) in [5.41, 5.74) is 1.95. The molecule has 0 radical (unpaired) electrons. The molecule has 0 saturated carbocycles. The van der Waals surface area contributed by atoms with Crippen molar-refractivity contribution in [1.29, 1.82) is 10.5 Å². The molecular formula is C18H19N9. The monoisotopic (exact) mass is 361 g/mol. The number of pyridine rings is 1. The van der Waals surface area contributed by atoms with Crippen molar-refractivity contribution in [3.8, 4) is 12.1 Å². The zero-order valence-corrected chi connectivity index (χ0v) is 15.3. The van der Waals surface area contributed by atoms with E-state index in [2.05, 4.69) is 37.2 Å². The van der Waals surface area contributed by atoms with Crippen LogP contribution in [-0.2, 0) is 19.9 Å². The Bertz CT molecular complexity index is 1090. The predicted octanol–water partition coefficient (Wildman–Crippen LogP) is 1.29. The van der Waals surface area contributed by atoms with Gasteiger partial charge < -0.3 is 4.90 Å². The lowest BCUT2D eigenvalue weighted by molar-refractivity contribution is 0.681. The lowest BCUT2D eigenvalue weighted by Crippen LogP contribution is -2.19. The molecule has 1 aliphatic heterocycles. The number of fused-ring (bicyclic) bond motifs is 1. The fraction of sp³-hybridized carbons (Fsp3) is 0.444. The van der Waals surface area contributed by atoms with Crippen molar-refractivity contribution >= 4 is 11.6 Å². The summed E-state index contributed by atoms with van der Waals surface area (Å²) >= 11 is 0. The molecule has 0 N–H and O–H groups in total. The Morgan fingerprint density at radius 2 is 1.78 bits per heavy atom. The van der Waals surface area contributed by atoms with Gasteiger partial charge in [0.15, 0.2) is 11.5 Å². The van der Waals surface area contributed by atoms with Gasteiger partial charge in [0.25, 0.3) is 0 Å². The van der Waals surface area contributed by atoms with Crippen molar-refractivity contribution in [3.63, 3.8) is 0 Å². The zero-order chi connectivity index (χ0) is 19.0. The van der Waals surface area contributed by atoms with Crippen LogP contribution in [0.5, 0.6) is 0 Å². The first-order valence-electron chi connectivity index (χ1n) is 8.95. The minimum absolute atomic E-state index is 0.353. The van der Waals surface area contributed by atoms with Crippen molar-refractivity contribution in [2.75, 3.05) is 18.0 Å². The Morgan fingerprint density at radius 1 is 1.04 bits per heavy atom. The van der Waals surface area contributed by atoms with Crippen LogP contribution in [-0.4, -0.2) is 42.5 Å². The van der Waals surface area contributed by atoms with Gasteiger partial charge in [0.1, 0.15) is 18.0 Å². The zero-order valence-electron chi connectivity index (χ0n) is 15.3. The Balaban J connectivity index is 1.59. The molecule has 1 saturated heterocycles. The van der Waals surface area contributed by atoms with E-state index in [1.807, 2.05) is 11.7 Å². The number of aromatic nitrogens is 6. The van der Waals surface area contributed by atoms with Crippen LogP contribution in [0.2, 0.25) is 0 Å². The Morgan fingerprint density at radius 3 is 2.48 bits per heavy atom. The second-order valence-electron chi connectivity index (χ2n) is 6.69. The molecule has 27 heavy (non-hydrogen) atoms. The van der Waals surface area contributed by atoms with Crippen LogP contribution in [0.25, 0.3) is 5.65 Å². The first-order chi connectivity index (χ1) is 13.1. The van der Waals surface area contributed by atoms with Crippen LogP contribution in [0.1, 0.15) is 41.3 Å². The molecule has 1 fully saturated rings. The first-order valence-corrected chi connectivity index (χ1v) is 8.95. The SMILES string of the molecule is Cc1c(C#N)cc(C#N)c2nc(CCc3nc(N4CCCC4)nn3C)nn12. The molecule has 0 unspecified atom stereocenters. The number of hydrogen-bond donors (Lipinski definition) is 0. The van der Waals surface area contributed by atoms with Gasteiger partial charge in [-0.2, -0.15) is 20.6 Å². The van der Waals surface area contributed by atoms with E-state index in [0.29, 0.717) is 41.1 Å². The molecule has 0 amide bonds. The molecule has 136 valence electrons. The highest BCUT2D eigenvalue weighted by atomic mass is 15.4. The molecule has 3 aromatic rings. The highest BCUT2D eigenvalue weighted by Crippen LogP contribution is 2.18. The van der Waals surface area contributed by atoms with E-state index in [1.165, 1.54) is 12.8 Å². The minimum Gasteiger partial charge on any atom is -0.340 e. The fourth-order valence-corrected chi connectivity index (χ4v) is 3.39. The van der Waals surface area contributed by atoms with Crippen molar-refractivity contribution in [2.24, 2.45) is 7.05 Å². The van der Waals surface area contributed by atoms with Crippen molar-refractivity contribution in [3.05, 3.63) is 34.5 Å². The van der Waals surface area contributed by atoms with Gasteiger partial charge in [0, 0.05) is 33.0 Å². The average molecular weight is 361 g/mol. The molecule has 0 bridgehead atoms. The summed E-state index contributed by atoms with van der Waals surface area (Å²) in [6.45, 7) is 3.82. The number of rotatable bonds is 4. The predicted molar refractivity (Wildman–Crippen MR) is 97.0 cm³/mol. The summed E-state index contributed by atoms with van der Waals surface area (Å²) in [5, 5.41) is 27.6. The summed E-state index contributed by atoms with van der Waals surface area (Å²) in [5.74, 6) is 2.29. The van der Waals surface area contributed by atoms with E-state index in [9.17, 15) is 10.5 Å². The molecule has 3 aromatic heterocycles. The van der Waals surface area contributed by atoms with E-state index in [-0.39, 0.29) is 0 Å². The van der Waals surface area contributed by atoms with Crippen molar-refractivity contribution in [1.82, 2.24) is 29.4 Å². The smallest absolute Gasteiger partial charge is 0.244 e. The summed E-state index contributed by atoms with van der Waals surface area (Å²) in [6.07, 6.45) is 3.61. The lowest BCUT2D eigenvalue weighted by atomic mass is 10.1. The Kier molecular flexibility index (Phi) is 4.21. The van der Waals surface area contributed by atoms with Gasteiger partial charge in [-0.3, -0.25) is 4.68 Å². The highest BCUT2D eigenvalue weighted by Gasteiger charge is 2.19. The third kappa shape index (κ3) is 2.97. The molecule has 0 atom stereocenters. The van der Waals surface area contributed by atoms with E-state index < -0.39 is 0 Å². The minimum atomic E-state index is 0.353. The summed E-state index contributed by atoms with van der Waals surface area (Å²) < 4.78 is 3.39. The fourth-order valence-electron chi connectivity index (χ4n) is 3.39. The number of anilines is 1. The molecule has 4 heterocycles. The summed E-state index contributed by atoms with van der Waals surface area (Å²) in [7, 11) is 1.90. The number of nitrogens with zero attached hydrogens (tertiary/aromatic N) is 9. The van der Waals surface area contributed by atoms with Crippen LogP contribution < -0.4 is 4.90 Å². The summed E-state index contributed by atoms with van der Waals surface area (Å²) in [4.78, 5) is 11.4. The van der Waals surface area contributed by atoms with Gasteiger partial charge >= 0.3 is 0 Å².